The quantitative estimate of drug-likeness (QED) is 0.714. The summed E-state index contributed by atoms with van der Waals surface area (Å²) in [4.78, 5) is 11.3. The normalized spacial score (nSPS) is 11.3. The van der Waals surface area contributed by atoms with Crippen LogP contribution in [-0.2, 0) is 0 Å². The highest BCUT2D eigenvalue weighted by atomic mass is 79.9. The fraction of sp³-hybridized carbons (Fsp3) is 0. The van der Waals surface area contributed by atoms with Crippen molar-refractivity contribution in [2.45, 2.75) is 0 Å². The van der Waals surface area contributed by atoms with Crippen molar-refractivity contribution in [2.24, 2.45) is 0 Å². The van der Waals surface area contributed by atoms with Gasteiger partial charge in [-0.3, -0.25) is 0 Å². The Morgan fingerprint density at radius 3 is 2.75 bits per heavy atom. The standard InChI is InChI=1S/C11H5BrO2S2/c12-5-1-2-8-6(3-5)7-4-9(10(13)14)16-11(7)15-8/h1-4H,(H,13,14). The first kappa shape index (κ1) is 10.3. The van der Waals surface area contributed by atoms with Crippen LogP contribution in [0.4, 0.5) is 0 Å². The lowest BCUT2D eigenvalue weighted by Gasteiger charge is -1.91. The van der Waals surface area contributed by atoms with Crippen molar-refractivity contribution in [1.29, 1.82) is 0 Å². The number of carbonyl (C=O) groups is 1. The maximum absolute atomic E-state index is 10.9. The molecule has 0 aliphatic carbocycles. The number of carboxylic acids is 1. The van der Waals surface area contributed by atoms with Gasteiger partial charge in [-0.15, -0.1) is 22.7 Å². The third-order valence-corrected chi connectivity index (χ3v) is 5.24. The van der Waals surface area contributed by atoms with E-state index in [2.05, 4.69) is 22.0 Å². The molecule has 0 aliphatic heterocycles. The number of rotatable bonds is 1. The fourth-order valence-corrected chi connectivity index (χ4v) is 4.35. The Labute approximate surface area is 107 Å². The molecule has 0 radical (unpaired) electrons. The predicted molar refractivity (Wildman–Crippen MR) is 71.9 cm³/mol. The van der Waals surface area contributed by atoms with Crippen LogP contribution in [0.3, 0.4) is 0 Å². The van der Waals surface area contributed by atoms with Crippen LogP contribution in [0.15, 0.2) is 28.7 Å². The number of aromatic carboxylic acids is 1. The molecule has 5 heteroatoms. The van der Waals surface area contributed by atoms with Gasteiger partial charge in [-0.05, 0) is 24.3 Å². The van der Waals surface area contributed by atoms with Gasteiger partial charge in [-0.2, -0.15) is 0 Å². The average Bonchev–Trinajstić information content (AvgIpc) is 2.75. The third-order valence-electron chi connectivity index (χ3n) is 2.34. The first-order chi connectivity index (χ1) is 7.65. The van der Waals surface area contributed by atoms with Gasteiger partial charge in [-0.1, -0.05) is 15.9 Å². The van der Waals surface area contributed by atoms with Crippen molar-refractivity contribution < 1.29 is 9.90 Å². The Morgan fingerprint density at radius 2 is 2.00 bits per heavy atom. The summed E-state index contributed by atoms with van der Waals surface area (Å²) in [5.74, 6) is -0.850. The summed E-state index contributed by atoms with van der Waals surface area (Å²) >= 11 is 6.41. The zero-order valence-corrected chi connectivity index (χ0v) is 11.1. The monoisotopic (exact) mass is 312 g/mol. The van der Waals surface area contributed by atoms with Gasteiger partial charge >= 0.3 is 5.97 Å². The summed E-state index contributed by atoms with van der Waals surface area (Å²) in [6, 6.07) is 7.85. The molecule has 0 saturated heterocycles. The van der Waals surface area contributed by atoms with E-state index in [1.165, 1.54) is 16.0 Å². The second-order valence-corrected chi connectivity index (χ2v) is 6.64. The van der Waals surface area contributed by atoms with Crippen molar-refractivity contribution in [2.75, 3.05) is 0 Å². The largest absolute Gasteiger partial charge is 0.477 e. The van der Waals surface area contributed by atoms with Crippen LogP contribution >= 0.6 is 38.6 Å². The number of fused-ring (bicyclic) bond motifs is 3. The van der Waals surface area contributed by atoms with Crippen LogP contribution in [-0.4, -0.2) is 11.1 Å². The molecule has 0 unspecified atom stereocenters. The SMILES string of the molecule is O=C(O)c1cc2c(s1)sc1ccc(Br)cc12. The van der Waals surface area contributed by atoms with Crippen LogP contribution in [0.2, 0.25) is 0 Å². The van der Waals surface area contributed by atoms with Crippen LogP contribution in [0.5, 0.6) is 0 Å². The summed E-state index contributed by atoms with van der Waals surface area (Å²) in [6.07, 6.45) is 0. The van der Waals surface area contributed by atoms with E-state index in [1.807, 2.05) is 12.1 Å². The second-order valence-electron chi connectivity index (χ2n) is 3.36. The van der Waals surface area contributed by atoms with E-state index < -0.39 is 5.97 Å². The van der Waals surface area contributed by atoms with E-state index in [4.69, 9.17) is 5.11 Å². The second kappa shape index (κ2) is 3.55. The zero-order valence-electron chi connectivity index (χ0n) is 7.86. The lowest BCUT2D eigenvalue weighted by Crippen LogP contribution is -1.89. The van der Waals surface area contributed by atoms with Gasteiger partial charge in [0.05, 0.1) is 4.01 Å². The van der Waals surface area contributed by atoms with E-state index in [0.29, 0.717) is 4.88 Å². The molecule has 3 rings (SSSR count). The summed E-state index contributed by atoms with van der Waals surface area (Å²) in [5.41, 5.74) is 0. The van der Waals surface area contributed by atoms with Crippen LogP contribution < -0.4 is 0 Å². The Bertz CT molecular complexity index is 711. The van der Waals surface area contributed by atoms with Gasteiger partial charge in [0, 0.05) is 19.9 Å². The van der Waals surface area contributed by atoms with E-state index in [1.54, 1.807) is 17.4 Å². The molecule has 3 aromatic rings. The van der Waals surface area contributed by atoms with E-state index in [9.17, 15) is 4.79 Å². The summed E-state index contributed by atoms with van der Waals surface area (Å²) < 4.78 is 3.29. The maximum atomic E-state index is 10.9. The summed E-state index contributed by atoms with van der Waals surface area (Å²) in [5, 5.41) is 11.1. The molecule has 0 amide bonds. The first-order valence-corrected chi connectivity index (χ1v) is 6.92. The number of benzene rings is 1. The molecule has 16 heavy (non-hydrogen) atoms. The molecule has 0 fully saturated rings. The lowest BCUT2D eigenvalue weighted by molar-refractivity contribution is 0.0702. The van der Waals surface area contributed by atoms with Crippen molar-refractivity contribution in [1.82, 2.24) is 0 Å². The topological polar surface area (TPSA) is 37.3 Å². The Balaban J connectivity index is 2.40. The molecule has 2 aromatic heterocycles. The number of thiophene rings is 2. The van der Waals surface area contributed by atoms with Crippen molar-refractivity contribution in [3.8, 4) is 0 Å². The molecule has 0 aliphatic rings. The van der Waals surface area contributed by atoms with E-state index >= 15 is 0 Å². The van der Waals surface area contributed by atoms with Crippen molar-refractivity contribution >= 4 is 64.1 Å². The predicted octanol–water partition coefficient (Wildman–Crippen LogP) is 4.58. The molecule has 80 valence electrons. The highest BCUT2D eigenvalue weighted by Gasteiger charge is 2.13. The zero-order chi connectivity index (χ0) is 11.3. The van der Waals surface area contributed by atoms with Crippen LogP contribution in [0.25, 0.3) is 19.5 Å². The van der Waals surface area contributed by atoms with Gasteiger partial charge in [0.1, 0.15) is 4.88 Å². The smallest absolute Gasteiger partial charge is 0.345 e. The summed E-state index contributed by atoms with van der Waals surface area (Å²) in [7, 11) is 0. The Hall–Kier alpha value is -0.910. The molecule has 1 N–H and O–H groups in total. The number of halogens is 1. The minimum absolute atomic E-state index is 0.406. The molecule has 0 bridgehead atoms. The maximum Gasteiger partial charge on any atom is 0.345 e. The molecule has 1 aromatic carbocycles. The number of carboxylic acid groups (broad SMARTS) is 1. The number of hydrogen-bond acceptors (Lipinski definition) is 3. The highest BCUT2D eigenvalue weighted by Crippen LogP contribution is 2.40. The van der Waals surface area contributed by atoms with Gasteiger partial charge in [0.15, 0.2) is 0 Å². The van der Waals surface area contributed by atoms with Gasteiger partial charge in [0.2, 0.25) is 0 Å². The van der Waals surface area contributed by atoms with Gasteiger partial charge < -0.3 is 5.11 Å². The average molecular weight is 313 g/mol. The fourth-order valence-electron chi connectivity index (χ4n) is 1.64. The van der Waals surface area contributed by atoms with Crippen LogP contribution in [0.1, 0.15) is 9.67 Å². The van der Waals surface area contributed by atoms with Gasteiger partial charge in [-0.25, -0.2) is 4.79 Å². The molecular weight excluding hydrogens is 308 g/mol. The molecule has 0 spiro atoms. The van der Waals surface area contributed by atoms with Crippen molar-refractivity contribution in [3.05, 3.63) is 33.6 Å². The van der Waals surface area contributed by atoms with E-state index in [-0.39, 0.29) is 0 Å². The molecule has 2 nitrogen and oxygen atoms in total. The lowest BCUT2D eigenvalue weighted by atomic mass is 10.2. The first-order valence-electron chi connectivity index (χ1n) is 4.50. The minimum Gasteiger partial charge on any atom is -0.477 e. The summed E-state index contributed by atoms with van der Waals surface area (Å²) in [6.45, 7) is 0. The van der Waals surface area contributed by atoms with Crippen molar-refractivity contribution in [3.63, 3.8) is 0 Å². The Kier molecular flexibility index (Phi) is 2.27. The third kappa shape index (κ3) is 1.47. The molecule has 0 atom stereocenters. The Morgan fingerprint density at radius 1 is 1.19 bits per heavy atom. The molecule has 0 saturated carbocycles. The van der Waals surface area contributed by atoms with Crippen LogP contribution in [0, 0.1) is 0 Å². The highest BCUT2D eigenvalue weighted by molar-refractivity contribution is 9.10. The van der Waals surface area contributed by atoms with E-state index in [0.717, 1.165) is 19.3 Å². The van der Waals surface area contributed by atoms with Gasteiger partial charge in [0.25, 0.3) is 0 Å². The molecule has 2 heterocycles. The number of hydrogen-bond donors (Lipinski definition) is 1. The minimum atomic E-state index is -0.850. The molecular formula is C11H5BrO2S2.